The summed E-state index contributed by atoms with van der Waals surface area (Å²) >= 11 is 0. The highest BCUT2D eigenvalue weighted by atomic mass is 16.6. The SMILES string of the molecule is CC(C)(C)c1cc(C=Cc2cc(C=Cc3cc(C(C)(C)C)c(O)c(C(C)(C)C)c3)c([N+](=O)[O-])cc2[N+](=O)[O-])cc(C(C)(C)C)c1O. The molecule has 0 aliphatic carbocycles. The fourth-order valence-corrected chi connectivity index (χ4v) is 5.36. The third-order valence-corrected chi connectivity index (χ3v) is 7.98. The van der Waals surface area contributed by atoms with Crippen molar-refractivity contribution in [3.05, 3.63) is 101 Å². The Morgan fingerprint density at radius 2 is 0.739 bits per heavy atom. The number of nitrogens with zero attached hydrogens (tertiary/aromatic N) is 2. The molecular weight excluding hydrogens is 580 g/mol. The van der Waals surface area contributed by atoms with Gasteiger partial charge >= 0.3 is 0 Å². The molecule has 0 heterocycles. The molecule has 0 aromatic heterocycles. The molecule has 46 heavy (non-hydrogen) atoms. The highest BCUT2D eigenvalue weighted by Crippen LogP contribution is 2.42. The molecule has 8 heteroatoms. The number of hydrogen-bond acceptors (Lipinski definition) is 6. The molecule has 0 saturated carbocycles. The number of rotatable bonds is 6. The Bertz CT molecular complexity index is 1540. The summed E-state index contributed by atoms with van der Waals surface area (Å²) < 4.78 is 0. The van der Waals surface area contributed by atoms with Gasteiger partial charge in [0.1, 0.15) is 11.5 Å². The van der Waals surface area contributed by atoms with Crippen LogP contribution in [0.25, 0.3) is 24.3 Å². The molecule has 0 amide bonds. The van der Waals surface area contributed by atoms with Crippen LogP contribution in [0.4, 0.5) is 11.4 Å². The number of hydrogen-bond donors (Lipinski definition) is 2. The Morgan fingerprint density at radius 3 is 0.957 bits per heavy atom. The number of phenols is 2. The first kappa shape index (κ1) is 36.0. The monoisotopic (exact) mass is 628 g/mol. The Kier molecular flexibility index (Phi) is 9.70. The van der Waals surface area contributed by atoms with Crippen molar-refractivity contribution in [3.63, 3.8) is 0 Å². The van der Waals surface area contributed by atoms with E-state index in [4.69, 9.17) is 0 Å². The first-order valence-corrected chi connectivity index (χ1v) is 15.4. The van der Waals surface area contributed by atoms with E-state index in [1.807, 2.05) is 107 Å². The lowest BCUT2D eigenvalue weighted by atomic mass is 9.78. The Labute approximate surface area is 272 Å². The summed E-state index contributed by atoms with van der Waals surface area (Å²) in [5.41, 5.74) is 2.66. The van der Waals surface area contributed by atoms with Crippen LogP contribution in [0.15, 0.2) is 36.4 Å². The molecule has 0 unspecified atom stereocenters. The summed E-state index contributed by atoms with van der Waals surface area (Å²) in [5.74, 6) is 0.453. The highest BCUT2D eigenvalue weighted by Gasteiger charge is 2.28. The van der Waals surface area contributed by atoms with Gasteiger partial charge < -0.3 is 10.2 Å². The number of phenolic OH excluding ortho intramolecular Hbond substituents is 2. The molecule has 3 aromatic carbocycles. The molecular formula is C38H48N2O6. The van der Waals surface area contributed by atoms with Crippen LogP contribution in [0.1, 0.15) is 128 Å². The summed E-state index contributed by atoms with van der Waals surface area (Å²) in [6.07, 6.45) is 6.63. The maximum absolute atomic E-state index is 12.1. The molecule has 3 rings (SSSR count). The smallest absolute Gasteiger partial charge is 0.283 e. The maximum Gasteiger partial charge on any atom is 0.283 e. The molecule has 3 aromatic rings. The van der Waals surface area contributed by atoms with E-state index < -0.39 is 9.85 Å². The molecule has 0 saturated heterocycles. The van der Waals surface area contributed by atoms with Crippen LogP contribution in [0.2, 0.25) is 0 Å². The zero-order valence-corrected chi connectivity index (χ0v) is 29.2. The Hall–Kier alpha value is -4.46. The minimum Gasteiger partial charge on any atom is -0.507 e. The van der Waals surface area contributed by atoms with Gasteiger partial charge in [-0.3, -0.25) is 20.2 Å². The molecule has 8 nitrogen and oxygen atoms in total. The first-order valence-electron chi connectivity index (χ1n) is 15.4. The van der Waals surface area contributed by atoms with Crippen LogP contribution in [0.5, 0.6) is 11.5 Å². The molecule has 0 aliphatic heterocycles. The second kappa shape index (κ2) is 12.4. The molecule has 0 atom stereocenters. The largest absolute Gasteiger partial charge is 0.507 e. The van der Waals surface area contributed by atoms with E-state index in [2.05, 4.69) is 0 Å². The summed E-state index contributed by atoms with van der Waals surface area (Å²) in [6.45, 7) is 24.1. The van der Waals surface area contributed by atoms with E-state index >= 15 is 0 Å². The van der Waals surface area contributed by atoms with Crippen molar-refractivity contribution in [2.75, 3.05) is 0 Å². The number of nitro benzene ring substituents is 2. The van der Waals surface area contributed by atoms with Gasteiger partial charge in [-0.1, -0.05) is 95.2 Å². The van der Waals surface area contributed by atoms with Gasteiger partial charge in [-0.05, 0) is 75.3 Å². The predicted octanol–water partition coefficient (Wildman–Crippen LogP) is 10.4. The minimum absolute atomic E-state index is 0.203. The second-order valence-corrected chi connectivity index (χ2v) is 16.1. The van der Waals surface area contributed by atoms with Gasteiger partial charge in [0.25, 0.3) is 11.4 Å². The van der Waals surface area contributed by atoms with Crippen molar-refractivity contribution in [1.82, 2.24) is 0 Å². The predicted molar refractivity (Wildman–Crippen MR) is 189 cm³/mol. The lowest BCUT2D eigenvalue weighted by molar-refractivity contribution is -0.394. The average Bonchev–Trinajstić information content (AvgIpc) is 2.88. The quantitative estimate of drug-likeness (QED) is 0.159. The Balaban J connectivity index is 2.25. The lowest BCUT2D eigenvalue weighted by Crippen LogP contribution is -2.17. The second-order valence-electron chi connectivity index (χ2n) is 16.1. The van der Waals surface area contributed by atoms with E-state index in [-0.39, 0.29) is 55.7 Å². The van der Waals surface area contributed by atoms with Crippen LogP contribution in [-0.4, -0.2) is 20.1 Å². The summed E-state index contributed by atoms with van der Waals surface area (Å²) in [5, 5.41) is 46.4. The fourth-order valence-electron chi connectivity index (χ4n) is 5.36. The summed E-state index contributed by atoms with van der Waals surface area (Å²) in [6, 6.07) is 9.91. The van der Waals surface area contributed by atoms with Crippen LogP contribution in [-0.2, 0) is 21.7 Å². The van der Waals surface area contributed by atoms with Gasteiger partial charge in [-0.2, -0.15) is 0 Å². The van der Waals surface area contributed by atoms with Gasteiger partial charge in [0.2, 0.25) is 0 Å². The highest BCUT2D eigenvalue weighted by molar-refractivity contribution is 5.82. The van der Waals surface area contributed by atoms with Crippen molar-refractivity contribution < 1.29 is 20.1 Å². The third-order valence-electron chi connectivity index (χ3n) is 7.98. The van der Waals surface area contributed by atoms with E-state index in [0.29, 0.717) is 0 Å². The fraction of sp³-hybridized carbons (Fsp3) is 0.421. The average molecular weight is 629 g/mol. The topological polar surface area (TPSA) is 127 Å². The van der Waals surface area contributed by atoms with Gasteiger partial charge in [0.05, 0.1) is 27.0 Å². The van der Waals surface area contributed by atoms with Crippen LogP contribution < -0.4 is 0 Å². The Morgan fingerprint density at radius 1 is 0.478 bits per heavy atom. The lowest BCUT2D eigenvalue weighted by Gasteiger charge is -2.27. The molecule has 0 aliphatic rings. The van der Waals surface area contributed by atoms with E-state index in [1.165, 1.54) is 6.07 Å². The number of aromatic hydroxyl groups is 2. The zero-order valence-electron chi connectivity index (χ0n) is 29.2. The zero-order chi connectivity index (χ0) is 35.2. The first-order chi connectivity index (χ1) is 20.8. The normalized spacial score (nSPS) is 13.1. The summed E-state index contributed by atoms with van der Waals surface area (Å²) in [4.78, 5) is 22.9. The van der Waals surface area contributed by atoms with Crippen molar-refractivity contribution in [1.29, 1.82) is 0 Å². The molecule has 0 fully saturated rings. The standard InChI is InChI=1S/C38H48N2O6/c1-35(2,3)27-17-23(18-28(33(27)41)36(4,5)6)13-15-25-21-26(32(40(45)46)22-31(25)39(43)44)16-14-24-19-29(37(7,8)9)34(42)30(20-24)38(10,11)12/h13-22,41-42H,1-12H3. The van der Waals surface area contributed by atoms with E-state index in [9.17, 15) is 30.4 Å². The van der Waals surface area contributed by atoms with Crippen molar-refractivity contribution in [2.24, 2.45) is 0 Å². The van der Waals surface area contributed by atoms with Gasteiger partial charge in [0, 0.05) is 22.3 Å². The number of nitro groups is 2. The van der Waals surface area contributed by atoms with Crippen molar-refractivity contribution in [3.8, 4) is 11.5 Å². The third kappa shape index (κ3) is 8.03. The van der Waals surface area contributed by atoms with E-state index in [0.717, 1.165) is 39.4 Å². The molecule has 0 bridgehead atoms. The molecule has 246 valence electrons. The molecule has 0 spiro atoms. The van der Waals surface area contributed by atoms with Gasteiger partial charge in [-0.15, -0.1) is 0 Å². The van der Waals surface area contributed by atoms with Gasteiger partial charge in [-0.25, -0.2) is 0 Å². The summed E-state index contributed by atoms with van der Waals surface area (Å²) in [7, 11) is 0. The van der Waals surface area contributed by atoms with Crippen LogP contribution >= 0.6 is 0 Å². The van der Waals surface area contributed by atoms with Crippen molar-refractivity contribution in [2.45, 2.75) is 105 Å². The van der Waals surface area contributed by atoms with Crippen LogP contribution in [0, 0.1) is 20.2 Å². The van der Waals surface area contributed by atoms with E-state index in [1.54, 1.807) is 24.3 Å². The maximum atomic E-state index is 12.1. The number of benzene rings is 3. The minimum atomic E-state index is -0.622. The van der Waals surface area contributed by atoms with Crippen molar-refractivity contribution >= 4 is 35.7 Å². The van der Waals surface area contributed by atoms with Crippen LogP contribution in [0.3, 0.4) is 0 Å². The molecule has 0 radical (unpaired) electrons. The van der Waals surface area contributed by atoms with Gasteiger partial charge in [0.15, 0.2) is 0 Å². The molecule has 2 N–H and O–H groups in total.